The molecule has 12 heavy (non-hydrogen) atoms. The largest absolute Gasteiger partial charge is 0.313 e. The Balaban J connectivity index is 3.01. The first-order valence-electron chi connectivity index (χ1n) is 3.77. The third-order valence-corrected chi connectivity index (χ3v) is 3.03. The van der Waals surface area contributed by atoms with Crippen LogP contribution in [-0.2, 0) is 0 Å². The fourth-order valence-electron chi connectivity index (χ4n) is 1.01. The SMILES string of the molecule is CNC(C)c1ccc(Cl)cc1I. The van der Waals surface area contributed by atoms with Gasteiger partial charge in [0.15, 0.2) is 0 Å². The molecule has 0 saturated carbocycles. The van der Waals surface area contributed by atoms with Crippen LogP contribution in [0.1, 0.15) is 18.5 Å². The second-order valence-electron chi connectivity index (χ2n) is 2.68. The van der Waals surface area contributed by atoms with Gasteiger partial charge in [-0.2, -0.15) is 0 Å². The van der Waals surface area contributed by atoms with Crippen molar-refractivity contribution in [3.8, 4) is 0 Å². The first-order chi connectivity index (χ1) is 5.65. The van der Waals surface area contributed by atoms with Gasteiger partial charge in [-0.15, -0.1) is 0 Å². The van der Waals surface area contributed by atoms with Gasteiger partial charge in [0.25, 0.3) is 0 Å². The van der Waals surface area contributed by atoms with E-state index in [4.69, 9.17) is 11.6 Å². The molecule has 0 fully saturated rings. The molecular weight excluding hydrogens is 284 g/mol. The summed E-state index contributed by atoms with van der Waals surface area (Å²) in [6.07, 6.45) is 0. The van der Waals surface area contributed by atoms with Gasteiger partial charge in [0.2, 0.25) is 0 Å². The number of hydrogen-bond acceptors (Lipinski definition) is 1. The Morgan fingerprint density at radius 3 is 2.67 bits per heavy atom. The van der Waals surface area contributed by atoms with Crippen LogP contribution in [0.25, 0.3) is 0 Å². The number of nitrogens with one attached hydrogen (secondary N) is 1. The van der Waals surface area contributed by atoms with E-state index in [-0.39, 0.29) is 0 Å². The molecule has 0 aliphatic heterocycles. The summed E-state index contributed by atoms with van der Waals surface area (Å²) in [5, 5.41) is 3.99. The highest BCUT2D eigenvalue weighted by atomic mass is 127. The molecular formula is C9H11ClIN. The first-order valence-corrected chi connectivity index (χ1v) is 5.23. The molecule has 0 radical (unpaired) electrons. The summed E-state index contributed by atoms with van der Waals surface area (Å²) in [4.78, 5) is 0. The lowest BCUT2D eigenvalue weighted by atomic mass is 10.1. The summed E-state index contributed by atoms with van der Waals surface area (Å²) in [6, 6.07) is 6.35. The minimum absolute atomic E-state index is 0.383. The molecule has 1 N–H and O–H groups in total. The smallest absolute Gasteiger partial charge is 0.0416 e. The van der Waals surface area contributed by atoms with Crippen LogP contribution in [0.15, 0.2) is 18.2 Å². The topological polar surface area (TPSA) is 12.0 Å². The Bertz CT molecular complexity index is 275. The van der Waals surface area contributed by atoms with Crippen LogP contribution < -0.4 is 5.32 Å². The Morgan fingerprint density at radius 2 is 2.17 bits per heavy atom. The van der Waals surface area contributed by atoms with Gasteiger partial charge in [0, 0.05) is 14.6 Å². The molecule has 0 aromatic heterocycles. The molecule has 1 nitrogen and oxygen atoms in total. The maximum Gasteiger partial charge on any atom is 0.0416 e. The zero-order valence-corrected chi connectivity index (χ0v) is 9.98. The molecule has 1 unspecified atom stereocenters. The summed E-state index contributed by atoms with van der Waals surface area (Å²) >= 11 is 8.14. The van der Waals surface area contributed by atoms with Gasteiger partial charge in [-0.05, 0) is 54.3 Å². The molecule has 1 aromatic rings. The van der Waals surface area contributed by atoms with Gasteiger partial charge in [-0.25, -0.2) is 0 Å². The van der Waals surface area contributed by atoms with E-state index in [0.29, 0.717) is 6.04 Å². The highest BCUT2D eigenvalue weighted by Crippen LogP contribution is 2.22. The van der Waals surface area contributed by atoms with E-state index in [2.05, 4.69) is 40.9 Å². The van der Waals surface area contributed by atoms with Crippen molar-refractivity contribution in [2.75, 3.05) is 7.05 Å². The van der Waals surface area contributed by atoms with Gasteiger partial charge in [0.1, 0.15) is 0 Å². The second-order valence-corrected chi connectivity index (χ2v) is 4.27. The van der Waals surface area contributed by atoms with Crippen LogP contribution >= 0.6 is 34.2 Å². The van der Waals surface area contributed by atoms with Crippen molar-refractivity contribution in [2.45, 2.75) is 13.0 Å². The monoisotopic (exact) mass is 295 g/mol. The van der Waals surface area contributed by atoms with Crippen molar-refractivity contribution >= 4 is 34.2 Å². The van der Waals surface area contributed by atoms with Crippen LogP contribution in [0, 0.1) is 3.57 Å². The molecule has 1 rings (SSSR count). The molecule has 1 atom stereocenters. The molecule has 0 amide bonds. The summed E-state index contributed by atoms with van der Waals surface area (Å²) in [7, 11) is 1.95. The summed E-state index contributed by atoms with van der Waals surface area (Å²) < 4.78 is 1.21. The Morgan fingerprint density at radius 1 is 1.50 bits per heavy atom. The van der Waals surface area contributed by atoms with E-state index in [9.17, 15) is 0 Å². The normalized spacial score (nSPS) is 13.0. The van der Waals surface area contributed by atoms with Crippen molar-refractivity contribution in [2.24, 2.45) is 0 Å². The molecule has 0 bridgehead atoms. The summed E-state index contributed by atoms with van der Waals surface area (Å²) in [5.74, 6) is 0. The fraction of sp³-hybridized carbons (Fsp3) is 0.333. The lowest BCUT2D eigenvalue weighted by molar-refractivity contribution is 0.649. The van der Waals surface area contributed by atoms with Crippen molar-refractivity contribution in [3.63, 3.8) is 0 Å². The highest BCUT2D eigenvalue weighted by molar-refractivity contribution is 14.1. The zero-order valence-electron chi connectivity index (χ0n) is 7.07. The van der Waals surface area contributed by atoms with Gasteiger partial charge < -0.3 is 5.32 Å². The molecule has 1 aromatic carbocycles. The van der Waals surface area contributed by atoms with Crippen LogP contribution in [-0.4, -0.2) is 7.05 Å². The Hall–Kier alpha value is 0.200. The average molecular weight is 296 g/mol. The predicted molar refractivity (Wildman–Crippen MR) is 61.6 cm³/mol. The Kier molecular flexibility index (Phi) is 3.80. The van der Waals surface area contributed by atoms with E-state index in [1.165, 1.54) is 9.13 Å². The molecule has 66 valence electrons. The van der Waals surface area contributed by atoms with E-state index in [1.54, 1.807) is 0 Å². The van der Waals surface area contributed by atoms with Gasteiger partial charge >= 0.3 is 0 Å². The van der Waals surface area contributed by atoms with E-state index >= 15 is 0 Å². The van der Waals surface area contributed by atoms with E-state index in [0.717, 1.165) is 5.02 Å². The number of benzene rings is 1. The van der Waals surface area contributed by atoms with E-state index < -0.39 is 0 Å². The summed E-state index contributed by atoms with van der Waals surface area (Å²) in [6.45, 7) is 2.13. The Labute approximate surface area is 91.6 Å². The molecule has 0 saturated heterocycles. The van der Waals surface area contributed by atoms with Gasteiger partial charge in [-0.1, -0.05) is 17.7 Å². The number of hydrogen-bond donors (Lipinski definition) is 1. The zero-order chi connectivity index (χ0) is 9.14. The highest BCUT2D eigenvalue weighted by Gasteiger charge is 2.06. The maximum absolute atomic E-state index is 5.84. The number of halogens is 2. The lowest BCUT2D eigenvalue weighted by Gasteiger charge is -2.12. The van der Waals surface area contributed by atoms with Crippen molar-refractivity contribution < 1.29 is 0 Å². The minimum atomic E-state index is 0.383. The minimum Gasteiger partial charge on any atom is -0.313 e. The average Bonchev–Trinajstić information content (AvgIpc) is 2.03. The van der Waals surface area contributed by atoms with Crippen molar-refractivity contribution in [1.29, 1.82) is 0 Å². The molecule has 0 spiro atoms. The molecule has 3 heteroatoms. The van der Waals surface area contributed by atoms with Crippen LogP contribution in [0.3, 0.4) is 0 Å². The number of rotatable bonds is 2. The third-order valence-electron chi connectivity index (χ3n) is 1.86. The lowest BCUT2D eigenvalue weighted by Crippen LogP contribution is -2.13. The van der Waals surface area contributed by atoms with Gasteiger partial charge in [-0.3, -0.25) is 0 Å². The maximum atomic E-state index is 5.84. The summed E-state index contributed by atoms with van der Waals surface area (Å²) in [5.41, 5.74) is 1.29. The molecule has 0 aliphatic carbocycles. The van der Waals surface area contributed by atoms with Crippen LogP contribution in [0.5, 0.6) is 0 Å². The molecule has 0 aliphatic rings. The molecule has 0 heterocycles. The van der Waals surface area contributed by atoms with Crippen molar-refractivity contribution in [3.05, 3.63) is 32.4 Å². The standard InChI is InChI=1S/C9H11ClIN/c1-6(12-2)8-4-3-7(10)5-9(8)11/h3-6,12H,1-2H3. The van der Waals surface area contributed by atoms with E-state index in [1.807, 2.05) is 19.2 Å². The quantitative estimate of drug-likeness (QED) is 0.826. The predicted octanol–water partition coefficient (Wildman–Crippen LogP) is 3.23. The second kappa shape index (κ2) is 4.44. The third kappa shape index (κ3) is 2.34. The van der Waals surface area contributed by atoms with Gasteiger partial charge in [0.05, 0.1) is 0 Å². The van der Waals surface area contributed by atoms with Crippen LogP contribution in [0.2, 0.25) is 5.02 Å². The first kappa shape index (κ1) is 10.3. The fourth-order valence-corrected chi connectivity index (χ4v) is 2.35. The van der Waals surface area contributed by atoms with Crippen molar-refractivity contribution in [1.82, 2.24) is 5.32 Å². The van der Waals surface area contributed by atoms with Crippen LogP contribution in [0.4, 0.5) is 0 Å².